The maximum Gasteiger partial charge on any atom is 0.220 e. The molecule has 2 unspecified atom stereocenters. The number of para-hydroxylation sites is 2. The summed E-state index contributed by atoms with van der Waals surface area (Å²) in [5, 5.41) is 6.93. The van der Waals surface area contributed by atoms with E-state index in [0.717, 1.165) is 11.3 Å². The number of aryl methyl sites for hydroxylation is 3. The van der Waals surface area contributed by atoms with Crippen LogP contribution in [0.3, 0.4) is 0 Å². The molecule has 6 rings (SSSR count). The Balaban J connectivity index is 1.18. The molecule has 5 nitrogen and oxygen atoms in total. The number of hydrogen-bond donors (Lipinski definition) is 2. The Morgan fingerprint density at radius 1 is 1.06 bits per heavy atom. The molecule has 1 aliphatic rings. The lowest BCUT2D eigenvalue weighted by Crippen LogP contribution is -2.27. The fraction of sp³-hybridized carbons (Fsp3) is 0.355. The van der Waals surface area contributed by atoms with Crippen LogP contribution in [-0.2, 0) is 11.3 Å². The molecule has 0 aliphatic heterocycles. The highest BCUT2D eigenvalue weighted by Gasteiger charge is 2.59. The van der Waals surface area contributed by atoms with Gasteiger partial charge in [0, 0.05) is 52.6 Å². The summed E-state index contributed by atoms with van der Waals surface area (Å²) in [6.45, 7) is 12.2. The van der Waals surface area contributed by atoms with Crippen molar-refractivity contribution in [1.29, 1.82) is 0 Å². The zero-order chi connectivity index (χ0) is 25.2. The number of benzene rings is 2. The number of H-pyrrole nitrogens is 1. The minimum absolute atomic E-state index is 0.110. The van der Waals surface area contributed by atoms with Crippen molar-refractivity contribution < 1.29 is 4.79 Å². The summed E-state index contributed by atoms with van der Waals surface area (Å²) in [6.07, 6.45) is 0.556. The van der Waals surface area contributed by atoms with Gasteiger partial charge in [-0.25, -0.2) is 4.98 Å². The quantitative estimate of drug-likeness (QED) is 0.291. The Morgan fingerprint density at radius 3 is 2.58 bits per heavy atom. The largest absolute Gasteiger partial charge is 0.358 e. The molecule has 1 amide bonds. The summed E-state index contributed by atoms with van der Waals surface area (Å²) in [6, 6.07) is 19.1. The Bertz CT molecular complexity index is 1640. The summed E-state index contributed by atoms with van der Waals surface area (Å²) in [7, 11) is 0. The van der Waals surface area contributed by atoms with Crippen LogP contribution in [0.25, 0.3) is 32.8 Å². The second-order valence-corrected chi connectivity index (χ2v) is 11.1. The predicted octanol–water partition coefficient (Wildman–Crippen LogP) is 6.54. The molecule has 184 valence electrons. The Labute approximate surface area is 211 Å². The summed E-state index contributed by atoms with van der Waals surface area (Å²) in [5.74, 6) is 0.872. The van der Waals surface area contributed by atoms with Crippen LogP contribution in [0, 0.1) is 32.1 Å². The summed E-state index contributed by atoms with van der Waals surface area (Å²) >= 11 is 0. The molecule has 2 aromatic carbocycles. The molecule has 2 N–H and O–H groups in total. The number of carbonyl (C=O) groups excluding carboxylic acids is 1. The smallest absolute Gasteiger partial charge is 0.220 e. The van der Waals surface area contributed by atoms with Gasteiger partial charge in [-0.05, 0) is 67.3 Å². The Morgan fingerprint density at radius 2 is 1.78 bits per heavy atom. The van der Waals surface area contributed by atoms with Crippen molar-refractivity contribution in [2.24, 2.45) is 11.3 Å². The highest BCUT2D eigenvalue weighted by atomic mass is 16.1. The molecule has 0 spiro atoms. The molecule has 2 atom stereocenters. The monoisotopic (exact) mass is 478 g/mol. The van der Waals surface area contributed by atoms with E-state index >= 15 is 0 Å². The van der Waals surface area contributed by atoms with Crippen LogP contribution < -0.4 is 5.32 Å². The fourth-order valence-corrected chi connectivity index (χ4v) is 6.58. The van der Waals surface area contributed by atoms with Gasteiger partial charge in [0.2, 0.25) is 5.91 Å². The molecular weight excluding hydrogens is 444 g/mol. The molecule has 0 saturated heterocycles. The van der Waals surface area contributed by atoms with E-state index in [4.69, 9.17) is 4.98 Å². The standard InChI is InChI=1S/C31H34N4O/c1-18-16-19(2)33-30-27(18)22-11-7-9-13-25(22)35(30)15-14-32-26(36)17-23-29(31(23,4)5)28-20(3)34-24-12-8-6-10-21(24)28/h6-13,16,23,29,34H,14-15,17H2,1-5H3,(H,32,36). The summed E-state index contributed by atoms with van der Waals surface area (Å²) in [5.41, 5.74) is 8.33. The normalized spacial score (nSPS) is 18.8. The highest BCUT2D eigenvalue weighted by Crippen LogP contribution is 2.67. The molecule has 3 heterocycles. The van der Waals surface area contributed by atoms with Crippen LogP contribution in [0.2, 0.25) is 0 Å². The van der Waals surface area contributed by atoms with E-state index in [1.165, 1.54) is 44.0 Å². The number of amides is 1. The zero-order valence-corrected chi connectivity index (χ0v) is 21.8. The van der Waals surface area contributed by atoms with E-state index < -0.39 is 0 Å². The van der Waals surface area contributed by atoms with Crippen LogP contribution in [0.5, 0.6) is 0 Å². The third kappa shape index (κ3) is 3.52. The molecule has 1 aliphatic carbocycles. The molecule has 0 bridgehead atoms. The minimum atomic E-state index is 0.110. The number of pyridine rings is 1. The van der Waals surface area contributed by atoms with Gasteiger partial charge < -0.3 is 14.9 Å². The molecule has 3 aromatic heterocycles. The van der Waals surface area contributed by atoms with Crippen LogP contribution in [0.15, 0.2) is 54.6 Å². The van der Waals surface area contributed by atoms with E-state index in [2.05, 4.69) is 97.2 Å². The average molecular weight is 479 g/mol. The van der Waals surface area contributed by atoms with Gasteiger partial charge in [0.15, 0.2) is 0 Å². The minimum Gasteiger partial charge on any atom is -0.358 e. The molecule has 5 aromatic rings. The Kier molecular flexibility index (Phi) is 5.22. The molecule has 0 radical (unpaired) electrons. The van der Waals surface area contributed by atoms with Gasteiger partial charge in [-0.2, -0.15) is 0 Å². The number of rotatable bonds is 6. The number of fused-ring (bicyclic) bond motifs is 4. The molecular formula is C31H34N4O. The van der Waals surface area contributed by atoms with Crippen molar-refractivity contribution in [2.75, 3.05) is 6.54 Å². The maximum atomic E-state index is 13.1. The number of nitrogens with zero attached hydrogens (tertiary/aromatic N) is 2. The average Bonchev–Trinajstić information content (AvgIpc) is 3.10. The first-order valence-electron chi connectivity index (χ1n) is 13.0. The van der Waals surface area contributed by atoms with Gasteiger partial charge in [-0.3, -0.25) is 4.79 Å². The van der Waals surface area contributed by atoms with E-state index in [0.29, 0.717) is 31.3 Å². The topological polar surface area (TPSA) is 62.7 Å². The Hall–Kier alpha value is -3.60. The zero-order valence-electron chi connectivity index (χ0n) is 21.8. The van der Waals surface area contributed by atoms with Crippen LogP contribution in [0.4, 0.5) is 0 Å². The lowest BCUT2D eigenvalue weighted by atomic mass is 10.0. The number of carbonyl (C=O) groups is 1. The lowest BCUT2D eigenvalue weighted by molar-refractivity contribution is -0.121. The second-order valence-electron chi connectivity index (χ2n) is 11.1. The van der Waals surface area contributed by atoms with Gasteiger partial charge in [-0.1, -0.05) is 50.2 Å². The van der Waals surface area contributed by atoms with E-state index in [-0.39, 0.29) is 11.3 Å². The summed E-state index contributed by atoms with van der Waals surface area (Å²) in [4.78, 5) is 21.5. The van der Waals surface area contributed by atoms with Crippen molar-refractivity contribution in [3.8, 4) is 0 Å². The van der Waals surface area contributed by atoms with Gasteiger partial charge in [0.1, 0.15) is 5.65 Å². The first kappa shape index (κ1) is 22.8. The predicted molar refractivity (Wildman–Crippen MR) is 147 cm³/mol. The first-order valence-corrected chi connectivity index (χ1v) is 13.0. The van der Waals surface area contributed by atoms with Crippen LogP contribution in [-0.4, -0.2) is 27.0 Å². The van der Waals surface area contributed by atoms with Crippen molar-refractivity contribution >= 4 is 38.7 Å². The van der Waals surface area contributed by atoms with Crippen molar-refractivity contribution in [1.82, 2.24) is 19.9 Å². The van der Waals surface area contributed by atoms with Crippen LogP contribution >= 0.6 is 0 Å². The lowest BCUT2D eigenvalue weighted by Gasteiger charge is -2.10. The van der Waals surface area contributed by atoms with E-state index in [9.17, 15) is 4.79 Å². The van der Waals surface area contributed by atoms with Gasteiger partial charge in [0.25, 0.3) is 0 Å². The van der Waals surface area contributed by atoms with E-state index in [1.807, 2.05) is 6.92 Å². The SMILES string of the molecule is Cc1cc(C)c2c3ccccc3n(CCNC(=O)CC3C(c4c(C)[nH]c5ccccc45)C3(C)C)c2n1. The third-order valence-corrected chi connectivity index (χ3v) is 8.41. The molecule has 1 saturated carbocycles. The highest BCUT2D eigenvalue weighted by molar-refractivity contribution is 6.08. The van der Waals surface area contributed by atoms with Crippen molar-refractivity contribution in [3.05, 3.63) is 77.1 Å². The molecule has 5 heteroatoms. The summed E-state index contributed by atoms with van der Waals surface area (Å²) < 4.78 is 2.25. The molecule has 1 fully saturated rings. The molecule has 36 heavy (non-hydrogen) atoms. The van der Waals surface area contributed by atoms with Crippen LogP contribution in [0.1, 0.15) is 48.7 Å². The number of nitrogens with one attached hydrogen (secondary N) is 2. The first-order chi connectivity index (χ1) is 17.3. The second kappa shape index (κ2) is 8.22. The van der Waals surface area contributed by atoms with Crippen molar-refractivity contribution in [3.63, 3.8) is 0 Å². The number of aromatic amines is 1. The number of aromatic nitrogens is 3. The van der Waals surface area contributed by atoms with Crippen molar-refractivity contribution in [2.45, 2.75) is 53.5 Å². The fourth-order valence-electron chi connectivity index (χ4n) is 6.58. The number of hydrogen-bond acceptors (Lipinski definition) is 2. The maximum absolute atomic E-state index is 13.1. The van der Waals surface area contributed by atoms with E-state index in [1.54, 1.807) is 0 Å². The van der Waals surface area contributed by atoms with Gasteiger partial charge in [-0.15, -0.1) is 0 Å². The van der Waals surface area contributed by atoms with Gasteiger partial charge >= 0.3 is 0 Å². The van der Waals surface area contributed by atoms with Gasteiger partial charge in [0.05, 0.1) is 5.52 Å². The third-order valence-electron chi connectivity index (χ3n) is 8.41.